The fourth-order valence-electron chi connectivity index (χ4n) is 5.26. The molecular formula is C22H33N3O4S. The summed E-state index contributed by atoms with van der Waals surface area (Å²) in [5.74, 6) is 3.13. The molecule has 4 aliphatic heterocycles. The number of ether oxygens (including phenoxy) is 2. The second-order valence-corrected chi connectivity index (χ2v) is 11.0. The molecule has 4 fully saturated rings. The topological polar surface area (TPSA) is 62.3 Å². The van der Waals surface area contributed by atoms with Crippen LogP contribution in [0, 0.1) is 11.3 Å². The zero-order valence-corrected chi connectivity index (χ0v) is 19.2. The van der Waals surface area contributed by atoms with Gasteiger partial charge in [0.15, 0.2) is 0 Å². The van der Waals surface area contributed by atoms with Gasteiger partial charge in [-0.05, 0) is 17.8 Å². The maximum Gasteiger partial charge on any atom is 0.320 e. The number of urea groups is 1. The van der Waals surface area contributed by atoms with Crippen LogP contribution in [0.3, 0.4) is 0 Å². The van der Waals surface area contributed by atoms with Crippen LogP contribution in [0.1, 0.15) is 20.3 Å². The molecule has 30 heavy (non-hydrogen) atoms. The number of hydrogen-bond acceptors (Lipinski definition) is 5. The molecule has 2 bridgehead atoms. The quantitative estimate of drug-likeness (QED) is 0.730. The van der Waals surface area contributed by atoms with E-state index in [9.17, 15) is 9.00 Å². The van der Waals surface area contributed by atoms with E-state index in [0.717, 1.165) is 36.7 Å². The van der Waals surface area contributed by atoms with Crippen LogP contribution in [0.25, 0.3) is 0 Å². The van der Waals surface area contributed by atoms with E-state index in [1.54, 1.807) is 14.2 Å². The van der Waals surface area contributed by atoms with Gasteiger partial charge in [-0.15, -0.1) is 0 Å². The lowest BCUT2D eigenvalue weighted by molar-refractivity contribution is 0.153. The van der Waals surface area contributed by atoms with Crippen LogP contribution >= 0.6 is 0 Å². The molecule has 2 amide bonds. The van der Waals surface area contributed by atoms with Crippen LogP contribution in [0.2, 0.25) is 0 Å². The molecule has 0 aliphatic carbocycles. The lowest BCUT2D eigenvalue weighted by atomic mass is 9.73. The molecule has 4 saturated heterocycles. The lowest BCUT2D eigenvalue weighted by Gasteiger charge is -2.48. The zero-order valence-electron chi connectivity index (χ0n) is 18.4. The van der Waals surface area contributed by atoms with Gasteiger partial charge < -0.3 is 24.2 Å². The Kier molecular flexibility index (Phi) is 5.88. The maximum atomic E-state index is 13.3. The minimum Gasteiger partial charge on any atom is -0.497 e. The molecular weight excluding hydrogens is 402 g/mol. The summed E-state index contributed by atoms with van der Waals surface area (Å²) in [7, 11) is 2.56. The minimum atomic E-state index is -0.781. The Morgan fingerprint density at radius 2 is 1.63 bits per heavy atom. The summed E-state index contributed by atoms with van der Waals surface area (Å²) in [6, 6.07) is 6.32. The predicted molar refractivity (Wildman–Crippen MR) is 119 cm³/mol. The highest BCUT2D eigenvalue weighted by Gasteiger charge is 2.47. The third-order valence-corrected chi connectivity index (χ3v) is 8.08. The van der Waals surface area contributed by atoms with E-state index < -0.39 is 10.8 Å². The van der Waals surface area contributed by atoms with Gasteiger partial charge in [0, 0.05) is 78.9 Å². The average Bonchev–Trinajstić information content (AvgIpc) is 3.00. The summed E-state index contributed by atoms with van der Waals surface area (Å²) >= 11 is 0. The summed E-state index contributed by atoms with van der Waals surface area (Å²) in [6.45, 7) is 8.20. The Labute approximate surface area is 181 Å². The molecule has 2 atom stereocenters. The Morgan fingerprint density at radius 1 is 1.00 bits per heavy atom. The van der Waals surface area contributed by atoms with Crippen LogP contribution in [0.4, 0.5) is 10.5 Å². The van der Waals surface area contributed by atoms with Crippen molar-refractivity contribution >= 4 is 22.5 Å². The van der Waals surface area contributed by atoms with Crippen molar-refractivity contribution in [1.29, 1.82) is 0 Å². The van der Waals surface area contributed by atoms with Gasteiger partial charge in [0.1, 0.15) is 11.5 Å². The fraction of sp³-hybridized carbons (Fsp3) is 0.682. The normalized spacial score (nSPS) is 26.5. The van der Waals surface area contributed by atoms with Gasteiger partial charge in [-0.3, -0.25) is 4.21 Å². The lowest BCUT2D eigenvalue weighted by Crippen LogP contribution is -2.55. The van der Waals surface area contributed by atoms with Crippen molar-refractivity contribution in [2.75, 3.05) is 63.3 Å². The smallest absolute Gasteiger partial charge is 0.320 e. The molecule has 4 aliphatic rings. The van der Waals surface area contributed by atoms with E-state index in [2.05, 4.69) is 30.9 Å². The molecule has 166 valence electrons. The number of fused-ring (bicyclic) bond motifs is 4. The zero-order chi connectivity index (χ0) is 21.5. The van der Waals surface area contributed by atoms with E-state index in [4.69, 9.17) is 9.47 Å². The molecule has 5 rings (SSSR count). The summed E-state index contributed by atoms with van der Waals surface area (Å²) in [5.41, 5.74) is 1.16. The van der Waals surface area contributed by atoms with Crippen molar-refractivity contribution in [3.8, 4) is 11.5 Å². The Morgan fingerprint density at radius 3 is 2.23 bits per heavy atom. The van der Waals surface area contributed by atoms with Crippen molar-refractivity contribution in [2.24, 2.45) is 11.3 Å². The van der Waals surface area contributed by atoms with Gasteiger partial charge in [0.25, 0.3) is 0 Å². The van der Waals surface area contributed by atoms with Gasteiger partial charge in [0.05, 0.1) is 20.3 Å². The molecule has 0 N–H and O–H groups in total. The Hall–Kier alpha value is -1.96. The van der Waals surface area contributed by atoms with Crippen molar-refractivity contribution in [1.82, 2.24) is 9.80 Å². The van der Waals surface area contributed by atoms with Crippen LogP contribution in [-0.2, 0) is 10.8 Å². The highest BCUT2D eigenvalue weighted by atomic mass is 32.2. The number of carbonyl (C=O) groups is 1. The molecule has 0 aromatic heterocycles. The van der Waals surface area contributed by atoms with Crippen molar-refractivity contribution in [3.05, 3.63) is 18.2 Å². The standard InChI is InChI=1S/C22H33N3O4S/c1-22(2)12-16-13-24(21(26)23-5-7-30(27)8-6-23)15-20(22)25(14-16)17-9-18(28-3)11-19(10-17)29-4/h9-11,16,20H,5-8,12-15H2,1-4H3. The number of hydrogen-bond donors (Lipinski definition) is 0. The summed E-state index contributed by atoms with van der Waals surface area (Å²) < 4.78 is 22.7. The van der Waals surface area contributed by atoms with E-state index in [1.807, 2.05) is 15.9 Å². The molecule has 0 saturated carbocycles. The van der Waals surface area contributed by atoms with E-state index in [0.29, 0.717) is 37.1 Å². The van der Waals surface area contributed by atoms with E-state index >= 15 is 0 Å². The number of benzene rings is 1. The number of methoxy groups -OCH3 is 2. The number of anilines is 1. The maximum absolute atomic E-state index is 13.3. The molecule has 8 heteroatoms. The molecule has 7 nitrogen and oxygen atoms in total. The van der Waals surface area contributed by atoms with E-state index in [-0.39, 0.29) is 17.5 Å². The van der Waals surface area contributed by atoms with Crippen molar-refractivity contribution in [3.63, 3.8) is 0 Å². The molecule has 4 heterocycles. The Bertz CT molecular complexity index is 798. The summed E-state index contributed by atoms with van der Waals surface area (Å²) in [4.78, 5) is 19.6. The van der Waals surface area contributed by atoms with Crippen molar-refractivity contribution in [2.45, 2.75) is 26.3 Å². The predicted octanol–water partition coefficient (Wildman–Crippen LogP) is 2.42. The number of nitrogens with zero attached hydrogens (tertiary/aromatic N) is 3. The molecule has 0 radical (unpaired) electrons. The van der Waals surface area contributed by atoms with E-state index in [1.165, 1.54) is 0 Å². The second kappa shape index (κ2) is 8.29. The molecule has 1 aromatic rings. The van der Waals surface area contributed by atoms with Crippen LogP contribution in [0.5, 0.6) is 11.5 Å². The molecule has 0 spiro atoms. The first-order valence-electron chi connectivity index (χ1n) is 10.7. The van der Waals surface area contributed by atoms with Gasteiger partial charge >= 0.3 is 6.03 Å². The molecule has 1 aromatic carbocycles. The van der Waals surface area contributed by atoms with Gasteiger partial charge in [-0.2, -0.15) is 0 Å². The SMILES string of the molecule is COc1cc(OC)cc(N2CC3CN(C(=O)N4CCS(=O)CC4)CC2C(C)(C)C3)c1. The van der Waals surface area contributed by atoms with Crippen LogP contribution in [-0.4, -0.2) is 84.5 Å². The van der Waals surface area contributed by atoms with Gasteiger partial charge in [0.2, 0.25) is 0 Å². The monoisotopic (exact) mass is 435 g/mol. The molecule has 2 unspecified atom stereocenters. The first kappa shape index (κ1) is 21.3. The van der Waals surface area contributed by atoms with Crippen LogP contribution < -0.4 is 14.4 Å². The number of piperidine rings is 1. The third kappa shape index (κ3) is 4.11. The minimum absolute atomic E-state index is 0.0810. The highest BCUT2D eigenvalue weighted by Crippen LogP contribution is 2.44. The first-order chi connectivity index (χ1) is 14.3. The number of rotatable bonds is 3. The fourth-order valence-corrected chi connectivity index (χ4v) is 6.32. The van der Waals surface area contributed by atoms with Gasteiger partial charge in [-0.1, -0.05) is 13.8 Å². The summed E-state index contributed by atoms with van der Waals surface area (Å²) in [6.07, 6.45) is 1.10. The number of amides is 2. The average molecular weight is 436 g/mol. The summed E-state index contributed by atoms with van der Waals surface area (Å²) in [5, 5.41) is 0. The first-order valence-corrected chi connectivity index (χ1v) is 12.2. The van der Waals surface area contributed by atoms with Crippen molar-refractivity contribution < 1.29 is 18.5 Å². The largest absolute Gasteiger partial charge is 0.497 e. The highest BCUT2D eigenvalue weighted by molar-refractivity contribution is 7.85. The van der Waals surface area contributed by atoms with Gasteiger partial charge in [-0.25, -0.2) is 4.79 Å². The second-order valence-electron chi connectivity index (χ2n) is 9.32. The third-order valence-electron chi connectivity index (χ3n) is 6.81. The van der Waals surface area contributed by atoms with Crippen LogP contribution in [0.15, 0.2) is 18.2 Å². The Balaban J connectivity index is 1.61. The number of carbonyl (C=O) groups excluding carboxylic acids is 1.